The predicted molar refractivity (Wildman–Crippen MR) is 75.0 cm³/mol. The molecule has 2 atom stereocenters. The van der Waals surface area contributed by atoms with E-state index in [1.54, 1.807) is 6.20 Å². The average molecular weight is 274 g/mol. The van der Waals surface area contributed by atoms with Crippen molar-refractivity contribution in [2.24, 2.45) is 7.05 Å². The Morgan fingerprint density at radius 3 is 2.61 bits per heavy atom. The maximum absolute atomic E-state index is 6.24. The van der Waals surface area contributed by atoms with Crippen LogP contribution in [0, 0.1) is 0 Å². The molecular formula is C13H24ClN3O. The van der Waals surface area contributed by atoms with E-state index in [1.807, 2.05) is 18.7 Å². The molecule has 5 heteroatoms. The highest BCUT2D eigenvalue weighted by atomic mass is 35.5. The fourth-order valence-electron chi connectivity index (χ4n) is 2.24. The van der Waals surface area contributed by atoms with Gasteiger partial charge in [-0.3, -0.25) is 4.68 Å². The van der Waals surface area contributed by atoms with Crippen molar-refractivity contribution in [3.05, 3.63) is 16.9 Å². The fourth-order valence-corrected chi connectivity index (χ4v) is 2.52. The summed E-state index contributed by atoms with van der Waals surface area (Å²) >= 11 is 6.24. The molecule has 0 spiro atoms. The third kappa shape index (κ3) is 3.70. The van der Waals surface area contributed by atoms with E-state index < -0.39 is 0 Å². The molecule has 0 aromatic carbocycles. The van der Waals surface area contributed by atoms with Crippen LogP contribution in [0.4, 0.5) is 0 Å². The molecule has 4 nitrogen and oxygen atoms in total. The lowest BCUT2D eigenvalue weighted by molar-refractivity contribution is 0.0260. The summed E-state index contributed by atoms with van der Waals surface area (Å²) in [5.74, 6) is 0. The van der Waals surface area contributed by atoms with Crippen molar-refractivity contribution in [1.29, 1.82) is 0 Å². The molecule has 0 bridgehead atoms. The molecule has 1 aromatic rings. The van der Waals surface area contributed by atoms with Crippen LogP contribution in [0.2, 0.25) is 5.02 Å². The van der Waals surface area contributed by atoms with Crippen LogP contribution >= 0.6 is 11.6 Å². The molecule has 1 rings (SSSR count). The van der Waals surface area contributed by atoms with Gasteiger partial charge in [-0.05, 0) is 19.9 Å². The molecule has 0 aliphatic carbocycles. The third-order valence-electron chi connectivity index (χ3n) is 2.98. The van der Waals surface area contributed by atoms with Gasteiger partial charge in [-0.1, -0.05) is 31.9 Å². The molecule has 104 valence electrons. The number of hydrogen-bond acceptors (Lipinski definition) is 3. The van der Waals surface area contributed by atoms with Gasteiger partial charge in [-0.2, -0.15) is 5.10 Å². The lowest BCUT2D eigenvalue weighted by Gasteiger charge is -2.28. The largest absolute Gasteiger partial charge is 0.376 e. The zero-order valence-corrected chi connectivity index (χ0v) is 12.5. The molecule has 2 unspecified atom stereocenters. The van der Waals surface area contributed by atoms with Crippen molar-refractivity contribution >= 4 is 11.6 Å². The summed E-state index contributed by atoms with van der Waals surface area (Å²) < 4.78 is 7.70. The Bertz CT molecular complexity index is 329. The number of halogens is 1. The van der Waals surface area contributed by atoms with Gasteiger partial charge in [-0.15, -0.1) is 0 Å². The standard InChI is InChI=1S/C13H24ClN3O/c1-5-8-11(18-7-3)12(15-6-2)13-10(14)9-16-17(13)4/h9,11-12,15H,5-8H2,1-4H3. The Balaban J connectivity index is 2.98. The smallest absolute Gasteiger partial charge is 0.0835 e. The third-order valence-corrected chi connectivity index (χ3v) is 3.27. The van der Waals surface area contributed by atoms with E-state index in [1.165, 1.54) is 0 Å². The average Bonchev–Trinajstić information content (AvgIpc) is 2.66. The molecule has 18 heavy (non-hydrogen) atoms. The zero-order valence-electron chi connectivity index (χ0n) is 11.7. The van der Waals surface area contributed by atoms with Crippen LogP contribution in [0.5, 0.6) is 0 Å². The van der Waals surface area contributed by atoms with Crippen LogP contribution in [-0.4, -0.2) is 29.0 Å². The van der Waals surface area contributed by atoms with Crippen molar-refractivity contribution in [3.8, 4) is 0 Å². The summed E-state index contributed by atoms with van der Waals surface area (Å²) in [4.78, 5) is 0. The van der Waals surface area contributed by atoms with Crippen LogP contribution in [-0.2, 0) is 11.8 Å². The molecule has 0 saturated carbocycles. The van der Waals surface area contributed by atoms with Gasteiger partial charge in [0.1, 0.15) is 0 Å². The molecule has 0 aliphatic rings. The summed E-state index contributed by atoms with van der Waals surface area (Å²) in [7, 11) is 1.92. The topological polar surface area (TPSA) is 39.1 Å². The first-order chi connectivity index (χ1) is 8.65. The van der Waals surface area contributed by atoms with Gasteiger partial charge in [0.2, 0.25) is 0 Å². The highest BCUT2D eigenvalue weighted by Gasteiger charge is 2.27. The van der Waals surface area contributed by atoms with Crippen molar-refractivity contribution in [2.45, 2.75) is 45.8 Å². The summed E-state index contributed by atoms with van der Waals surface area (Å²) in [6, 6.07) is 0.0925. The van der Waals surface area contributed by atoms with E-state index >= 15 is 0 Å². The number of nitrogens with one attached hydrogen (secondary N) is 1. The van der Waals surface area contributed by atoms with Gasteiger partial charge in [0.05, 0.1) is 29.1 Å². The Hall–Kier alpha value is -0.580. The maximum Gasteiger partial charge on any atom is 0.0835 e. The number of nitrogens with zero attached hydrogens (tertiary/aromatic N) is 2. The van der Waals surface area contributed by atoms with E-state index in [9.17, 15) is 0 Å². The predicted octanol–water partition coefficient (Wildman–Crippen LogP) is 2.93. The SMILES string of the molecule is CCCC(OCC)C(NCC)c1c(Cl)cnn1C. The second-order valence-electron chi connectivity index (χ2n) is 4.32. The van der Waals surface area contributed by atoms with Crippen molar-refractivity contribution in [1.82, 2.24) is 15.1 Å². The lowest BCUT2D eigenvalue weighted by atomic mass is 10.0. The molecule has 0 fully saturated rings. The number of aromatic nitrogens is 2. The van der Waals surface area contributed by atoms with Gasteiger partial charge in [0.15, 0.2) is 0 Å². The molecule has 1 aromatic heterocycles. The van der Waals surface area contributed by atoms with Crippen LogP contribution in [0.1, 0.15) is 45.3 Å². The Morgan fingerprint density at radius 1 is 1.44 bits per heavy atom. The number of hydrogen-bond donors (Lipinski definition) is 1. The summed E-state index contributed by atoms with van der Waals surface area (Å²) in [5.41, 5.74) is 1.01. The molecule has 1 heterocycles. The minimum Gasteiger partial charge on any atom is -0.376 e. The first-order valence-electron chi connectivity index (χ1n) is 6.67. The van der Waals surface area contributed by atoms with Gasteiger partial charge in [-0.25, -0.2) is 0 Å². The monoisotopic (exact) mass is 273 g/mol. The second-order valence-corrected chi connectivity index (χ2v) is 4.73. The number of ether oxygens (including phenoxy) is 1. The second kappa shape index (κ2) is 7.77. The number of rotatable bonds is 8. The van der Waals surface area contributed by atoms with Gasteiger partial charge >= 0.3 is 0 Å². The Kier molecular flexibility index (Phi) is 6.68. The van der Waals surface area contributed by atoms with Crippen LogP contribution < -0.4 is 5.32 Å². The lowest BCUT2D eigenvalue weighted by Crippen LogP contribution is -2.35. The van der Waals surface area contributed by atoms with E-state index in [0.717, 1.165) is 25.1 Å². The fraction of sp³-hybridized carbons (Fsp3) is 0.769. The van der Waals surface area contributed by atoms with E-state index in [-0.39, 0.29) is 12.1 Å². The molecule has 0 aliphatic heterocycles. The van der Waals surface area contributed by atoms with Gasteiger partial charge in [0.25, 0.3) is 0 Å². The van der Waals surface area contributed by atoms with E-state index in [4.69, 9.17) is 16.3 Å². The van der Waals surface area contributed by atoms with Crippen molar-refractivity contribution < 1.29 is 4.74 Å². The summed E-state index contributed by atoms with van der Waals surface area (Å²) in [6.45, 7) is 7.87. The highest BCUT2D eigenvalue weighted by molar-refractivity contribution is 6.31. The van der Waals surface area contributed by atoms with Crippen molar-refractivity contribution in [3.63, 3.8) is 0 Å². The van der Waals surface area contributed by atoms with E-state index in [0.29, 0.717) is 11.6 Å². The molecular weight excluding hydrogens is 250 g/mol. The maximum atomic E-state index is 6.24. The normalized spacial score (nSPS) is 14.7. The first kappa shape index (κ1) is 15.5. The highest BCUT2D eigenvalue weighted by Crippen LogP contribution is 2.28. The van der Waals surface area contributed by atoms with Crippen LogP contribution in [0.25, 0.3) is 0 Å². The zero-order chi connectivity index (χ0) is 13.5. The molecule has 0 saturated heterocycles. The minimum absolute atomic E-state index is 0.0925. The first-order valence-corrected chi connectivity index (χ1v) is 7.05. The molecule has 0 amide bonds. The van der Waals surface area contributed by atoms with Gasteiger partial charge in [0, 0.05) is 13.7 Å². The Morgan fingerprint density at radius 2 is 2.17 bits per heavy atom. The van der Waals surface area contributed by atoms with Crippen LogP contribution in [0.3, 0.4) is 0 Å². The van der Waals surface area contributed by atoms with E-state index in [2.05, 4.69) is 24.3 Å². The summed E-state index contributed by atoms with van der Waals surface area (Å²) in [6.07, 6.45) is 3.92. The molecule has 0 radical (unpaired) electrons. The Labute approximate surface area is 115 Å². The number of likely N-dealkylation sites (N-methyl/N-ethyl adjacent to an activating group) is 1. The minimum atomic E-state index is 0.0925. The quantitative estimate of drug-likeness (QED) is 0.792. The number of aryl methyl sites for hydroxylation is 1. The van der Waals surface area contributed by atoms with Gasteiger partial charge < -0.3 is 10.1 Å². The van der Waals surface area contributed by atoms with Crippen molar-refractivity contribution in [2.75, 3.05) is 13.2 Å². The molecule has 1 N–H and O–H groups in total. The van der Waals surface area contributed by atoms with Crippen LogP contribution in [0.15, 0.2) is 6.20 Å². The summed E-state index contributed by atoms with van der Waals surface area (Å²) in [5, 5.41) is 8.38.